The van der Waals surface area contributed by atoms with Gasteiger partial charge in [0.2, 0.25) is 0 Å². The van der Waals surface area contributed by atoms with Crippen LogP contribution in [0.3, 0.4) is 0 Å². The van der Waals surface area contributed by atoms with Gasteiger partial charge in [-0.1, -0.05) is 0 Å². The van der Waals surface area contributed by atoms with Crippen LogP contribution in [0.15, 0.2) is 18.3 Å². The zero-order valence-electron chi connectivity index (χ0n) is 10.3. The Labute approximate surface area is 106 Å². The van der Waals surface area contributed by atoms with Gasteiger partial charge in [-0.05, 0) is 37.3 Å². The summed E-state index contributed by atoms with van der Waals surface area (Å²) in [5, 5.41) is 0. The number of Topliss-reactive ketones (excluding diaryl/α,β-unsaturated/α-hetero) is 1. The fourth-order valence-electron chi connectivity index (χ4n) is 3.21. The highest BCUT2D eigenvalue weighted by Crippen LogP contribution is 2.37. The van der Waals surface area contributed by atoms with E-state index in [0.717, 1.165) is 25.2 Å². The number of fused-ring (bicyclic) bond motifs is 2. The molecular formula is C14H17FN2O. The van der Waals surface area contributed by atoms with Gasteiger partial charge in [-0.3, -0.25) is 14.7 Å². The highest BCUT2D eigenvalue weighted by molar-refractivity contribution is 5.94. The fraction of sp³-hybridized carbons (Fsp3) is 0.571. The Hall–Kier alpha value is -1.29. The van der Waals surface area contributed by atoms with Crippen LogP contribution >= 0.6 is 0 Å². The van der Waals surface area contributed by atoms with Crippen molar-refractivity contribution in [1.29, 1.82) is 0 Å². The molecule has 2 unspecified atom stereocenters. The second kappa shape index (κ2) is 4.76. The summed E-state index contributed by atoms with van der Waals surface area (Å²) >= 11 is 0. The van der Waals surface area contributed by atoms with Gasteiger partial charge in [0.15, 0.2) is 5.78 Å². The maximum absolute atomic E-state index is 12.7. The average Bonchev–Trinajstić information content (AvgIpc) is 2.99. The van der Waals surface area contributed by atoms with E-state index in [1.54, 1.807) is 0 Å². The Bertz CT molecular complexity index is 446. The van der Waals surface area contributed by atoms with Crippen molar-refractivity contribution in [2.75, 3.05) is 13.1 Å². The van der Waals surface area contributed by atoms with E-state index >= 15 is 0 Å². The first-order valence-corrected chi connectivity index (χ1v) is 6.61. The van der Waals surface area contributed by atoms with E-state index in [-0.39, 0.29) is 5.78 Å². The molecule has 1 aliphatic carbocycles. The molecule has 4 heteroatoms. The third kappa shape index (κ3) is 2.29. The summed E-state index contributed by atoms with van der Waals surface area (Å²) in [6.45, 7) is 1.97. The number of aromatic nitrogens is 1. The van der Waals surface area contributed by atoms with Crippen LogP contribution in [-0.2, 0) is 0 Å². The van der Waals surface area contributed by atoms with Crippen molar-refractivity contribution in [3.63, 3.8) is 0 Å². The minimum absolute atomic E-state index is 0.0118. The molecule has 1 saturated heterocycles. The molecule has 3 rings (SSSR count). The van der Waals surface area contributed by atoms with Crippen LogP contribution in [0.1, 0.15) is 36.2 Å². The highest BCUT2D eigenvalue weighted by Gasteiger charge is 2.37. The van der Waals surface area contributed by atoms with Gasteiger partial charge in [0, 0.05) is 25.6 Å². The zero-order valence-corrected chi connectivity index (χ0v) is 10.3. The van der Waals surface area contributed by atoms with Crippen molar-refractivity contribution in [3.05, 3.63) is 29.8 Å². The highest BCUT2D eigenvalue weighted by atomic mass is 19.1. The number of likely N-dealkylation sites (tertiary alicyclic amines) is 1. The average molecular weight is 248 g/mol. The Morgan fingerprint density at radius 3 is 2.94 bits per heavy atom. The van der Waals surface area contributed by atoms with E-state index in [1.807, 2.05) is 0 Å². The minimum Gasteiger partial charge on any atom is -0.300 e. The van der Waals surface area contributed by atoms with Gasteiger partial charge in [-0.15, -0.1) is 0 Å². The molecule has 3 nitrogen and oxygen atoms in total. The van der Waals surface area contributed by atoms with Crippen molar-refractivity contribution in [2.24, 2.45) is 5.92 Å². The number of piperidine rings is 1. The summed E-state index contributed by atoms with van der Waals surface area (Å²) in [5.74, 6) is 0.468. The molecule has 2 bridgehead atoms. The lowest BCUT2D eigenvalue weighted by Crippen LogP contribution is -2.33. The quantitative estimate of drug-likeness (QED) is 0.766. The summed E-state index contributed by atoms with van der Waals surface area (Å²) in [6, 6.07) is 3.45. The molecular weight excluding hydrogens is 231 g/mol. The maximum atomic E-state index is 12.7. The Kier molecular flexibility index (Phi) is 3.12. The zero-order chi connectivity index (χ0) is 12.5. The monoisotopic (exact) mass is 248 g/mol. The van der Waals surface area contributed by atoms with Gasteiger partial charge in [0.25, 0.3) is 0 Å². The molecule has 0 aromatic carbocycles. The third-order valence-corrected chi connectivity index (χ3v) is 4.16. The molecule has 1 aromatic heterocycles. The Balaban J connectivity index is 1.54. The summed E-state index contributed by atoms with van der Waals surface area (Å²) in [4.78, 5) is 18.2. The van der Waals surface area contributed by atoms with Gasteiger partial charge in [-0.25, -0.2) is 4.39 Å². The van der Waals surface area contributed by atoms with Gasteiger partial charge >= 0.3 is 0 Å². The lowest BCUT2D eigenvalue weighted by molar-refractivity contribution is 0.0950. The van der Waals surface area contributed by atoms with Crippen LogP contribution in [-0.4, -0.2) is 34.8 Å². The lowest BCUT2D eigenvalue weighted by Gasteiger charge is -2.26. The normalized spacial score (nSPS) is 26.7. The standard InChI is InChI=1S/C14H17FN2O/c15-11-2-4-13(16-8-11)14(18)5-6-17-9-10-1-3-12(17)7-10/h2,4,8,10,12H,1,3,5-7,9H2. The molecule has 0 radical (unpaired) electrons. The first kappa shape index (κ1) is 11.8. The SMILES string of the molecule is O=C(CCN1CC2CCC1C2)c1ccc(F)cn1. The molecule has 2 atom stereocenters. The number of ketones is 1. The molecule has 0 N–H and O–H groups in total. The van der Waals surface area contributed by atoms with Crippen LogP contribution < -0.4 is 0 Å². The van der Waals surface area contributed by atoms with E-state index in [9.17, 15) is 9.18 Å². The van der Waals surface area contributed by atoms with Gasteiger partial charge in [0.1, 0.15) is 11.5 Å². The van der Waals surface area contributed by atoms with Crippen molar-refractivity contribution in [2.45, 2.75) is 31.7 Å². The van der Waals surface area contributed by atoms with Crippen LogP contribution in [0.25, 0.3) is 0 Å². The number of carbonyl (C=O) groups excluding carboxylic acids is 1. The molecule has 96 valence electrons. The van der Waals surface area contributed by atoms with E-state index in [2.05, 4.69) is 9.88 Å². The van der Waals surface area contributed by atoms with Crippen molar-refractivity contribution in [1.82, 2.24) is 9.88 Å². The maximum Gasteiger partial charge on any atom is 0.182 e. The van der Waals surface area contributed by atoms with E-state index < -0.39 is 5.82 Å². The molecule has 0 spiro atoms. The predicted molar refractivity (Wildman–Crippen MR) is 65.8 cm³/mol. The topological polar surface area (TPSA) is 33.2 Å². The molecule has 18 heavy (non-hydrogen) atoms. The number of carbonyl (C=O) groups is 1. The molecule has 2 heterocycles. The van der Waals surface area contributed by atoms with Crippen LogP contribution in [0.5, 0.6) is 0 Å². The summed E-state index contributed by atoms with van der Waals surface area (Å²) in [6.07, 6.45) is 5.54. The van der Waals surface area contributed by atoms with Crippen molar-refractivity contribution < 1.29 is 9.18 Å². The van der Waals surface area contributed by atoms with Crippen molar-refractivity contribution >= 4 is 5.78 Å². The molecule has 1 aliphatic heterocycles. The molecule has 1 saturated carbocycles. The lowest BCUT2D eigenvalue weighted by atomic mass is 10.1. The summed E-state index contributed by atoms with van der Waals surface area (Å²) in [5.41, 5.74) is 0.376. The third-order valence-electron chi connectivity index (χ3n) is 4.16. The number of nitrogens with zero attached hydrogens (tertiary/aromatic N) is 2. The van der Waals surface area contributed by atoms with Gasteiger partial charge < -0.3 is 0 Å². The minimum atomic E-state index is -0.400. The molecule has 0 amide bonds. The second-order valence-electron chi connectivity index (χ2n) is 5.36. The summed E-state index contributed by atoms with van der Waals surface area (Å²) in [7, 11) is 0. The van der Waals surface area contributed by atoms with Gasteiger partial charge in [-0.2, -0.15) is 0 Å². The smallest absolute Gasteiger partial charge is 0.182 e. The largest absolute Gasteiger partial charge is 0.300 e. The first-order valence-electron chi connectivity index (χ1n) is 6.61. The first-order chi connectivity index (χ1) is 8.72. The Morgan fingerprint density at radius 2 is 2.33 bits per heavy atom. The van der Waals surface area contributed by atoms with E-state index in [4.69, 9.17) is 0 Å². The second-order valence-corrected chi connectivity index (χ2v) is 5.36. The van der Waals surface area contributed by atoms with Crippen LogP contribution in [0.4, 0.5) is 4.39 Å². The van der Waals surface area contributed by atoms with Gasteiger partial charge in [0.05, 0.1) is 6.20 Å². The number of pyridine rings is 1. The number of hydrogen-bond acceptors (Lipinski definition) is 3. The number of rotatable bonds is 4. The van der Waals surface area contributed by atoms with E-state index in [1.165, 1.54) is 31.4 Å². The van der Waals surface area contributed by atoms with Crippen molar-refractivity contribution in [3.8, 4) is 0 Å². The van der Waals surface area contributed by atoms with Crippen LogP contribution in [0.2, 0.25) is 0 Å². The molecule has 1 aromatic rings. The van der Waals surface area contributed by atoms with Crippen LogP contribution in [0, 0.1) is 11.7 Å². The molecule has 2 fully saturated rings. The predicted octanol–water partition coefficient (Wildman–Crippen LogP) is 2.28. The number of halogens is 1. The summed E-state index contributed by atoms with van der Waals surface area (Å²) < 4.78 is 12.7. The van der Waals surface area contributed by atoms with E-state index in [0.29, 0.717) is 18.2 Å². The number of hydrogen-bond donors (Lipinski definition) is 0. The Morgan fingerprint density at radius 1 is 1.44 bits per heavy atom. The fourth-order valence-corrected chi connectivity index (χ4v) is 3.21. The molecule has 2 aliphatic rings.